The maximum Gasteiger partial charge on any atom is 0.227 e. The van der Waals surface area contributed by atoms with Crippen molar-refractivity contribution in [3.05, 3.63) is 24.3 Å². The average molecular weight is 346 g/mol. The van der Waals surface area contributed by atoms with Gasteiger partial charge in [-0.3, -0.25) is 4.79 Å². The molecule has 2 unspecified atom stereocenters. The Balaban J connectivity index is 1.69. The lowest BCUT2D eigenvalue weighted by Crippen LogP contribution is -2.45. The van der Waals surface area contributed by atoms with Crippen molar-refractivity contribution in [3.63, 3.8) is 0 Å². The maximum absolute atomic E-state index is 12.5. The molecule has 1 heterocycles. The molecule has 25 heavy (non-hydrogen) atoms. The summed E-state index contributed by atoms with van der Waals surface area (Å²) in [4.78, 5) is 14.8. The minimum absolute atomic E-state index is 0.105. The van der Waals surface area contributed by atoms with Crippen molar-refractivity contribution in [2.75, 3.05) is 23.3 Å². The summed E-state index contributed by atoms with van der Waals surface area (Å²) in [5.74, 6) is -0.105. The number of benzene rings is 1. The molecule has 1 saturated carbocycles. The Kier molecular flexibility index (Phi) is 5.64. The number of nitrogens with zero attached hydrogens (tertiary/aromatic N) is 1. The summed E-state index contributed by atoms with van der Waals surface area (Å²) >= 11 is 0. The third kappa shape index (κ3) is 4.73. The van der Waals surface area contributed by atoms with Gasteiger partial charge in [-0.15, -0.1) is 0 Å². The lowest BCUT2D eigenvalue weighted by atomic mass is 9.82. The first-order chi connectivity index (χ1) is 12.0. The number of amides is 1. The molecule has 2 N–H and O–H groups in total. The number of hydrogen-bond donors (Lipinski definition) is 2. The quantitative estimate of drug-likeness (QED) is 0.878. The first-order valence-corrected chi connectivity index (χ1v) is 9.47. The van der Waals surface area contributed by atoms with E-state index < -0.39 is 5.60 Å². The number of anilines is 2. The predicted octanol–water partition coefficient (Wildman–Crippen LogP) is 3.32. The van der Waals surface area contributed by atoms with E-state index in [1.165, 1.54) is 0 Å². The molecular formula is C20H30N2O3. The minimum atomic E-state index is -0.834. The summed E-state index contributed by atoms with van der Waals surface area (Å²) in [5.41, 5.74) is 1.00. The molecule has 0 bridgehead atoms. The highest BCUT2D eigenvalue weighted by Gasteiger charge is 2.32. The Morgan fingerprint density at radius 3 is 2.52 bits per heavy atom. The second-order valence-corrected chi connectivity index (χ2v) is 7.69. The average Bonchev–Trinajstić information content (AvgIpc) is 2.54. The number of para-hydroxylation sites is 2. The van der Waals surface area contributed by atoms with Crippen LogP contribution in [0.2, 0.25) is 0 Å². The Labute approximate surface area is 150 Å². The molecule has 0 spiro atoms. The van der Waals surface area contributed by atoms with E-state index in [-0.39, 0.29) is 24.5 Å². The Morgan fingerprint density at radius 1 is 1.20 bits per heavy atom. The molecule has 1 aliphatic carbocycles. The van der Waals surface area contributed by atoms with Crippen LogP contribution in [-0.2, 0) is 9.53 Å². The summed E-state index contributed by atoms with van der Waals surface area (Å²) in [7, 11) is 0. The fraction of sp³-hybridized carbons (Fsp3) is 0.650. The number of carbonyl (C=O) groups excluding carboxylic acids is 1. The van der Waals surface area contributed by atoms with Gasteiger partial charge in [0.1, 0.15) is 0 Å². The van der Waals surface area contributed by atoms with Gasteiger partial charge in [0, 0.05) is 13.1 Å². The second kappa shape index (κ2) is 7.75. The molecule has 1 amide bonds. The van der Waals surface area contributed by atoms with Gasteiger partial charge in [0.25, 0.3) is 0 Å². The van der Waals surface area contributed by atoms with Crippen LogP contribution in [0.15, 0.2) is 24.3 Å². The van der Waals surface area contributed by atoms with Crippen LogP contribution in [0.25, 0.3) is 0 Å². The van der Waals surface area contributed by atoms with Crippen molar-refractivity contribution >= 4 is 17.3 Å². The SMILES string of the molecule is CC1CN(c2ccccc2NC(=O)CC2(O)CCCCC2)CC(C)O1. The molecule has 2 aliphatic rings. The number of rotatable bonds is 4. The Hall–Kier alpha value is -1.59. The van der Waals surface area contributed by atoms with E-state index in [4.69, 9.17) is 4.74 Å². The molecule has 0 aromatic heterocycles. The highest BCUT2D eigenvalue weighted by molar-refractivity contribution is 5.95. The Morgan fingerprint density at radius 2 is 1.84 bits per heavy atom. The zero-order valence-electron chi connectivity index (χ0n) is 15.3. The molecule has 1 aromatic carbocycles. The van der Waals surface area contributed by atoms with E-state index in [0.717, 1.165) is 56.6 Å². The number of morpholine rings is 1. The summed E-state index contributed by atoms with van der Waals surface area (Å²) in [6.07, 6.45) is 5.11. The van der Waals surface area contributed by atoms with Crippen LogP contribution in [0.3, 0.4) is 0 Å². The van der Waals surface area contributed by atoms with Crippen LogP contribution in [0, 0.1) is 0 Å². The van der Waals surface area contributed by atoms with E-state index in [9.17, 15) is 9.90 Å². The molecular weight excluding hydrogens is 316 g/mol. The largest absolute Gasteiger partial charge is 0.389 e. The highest BCUT2D eigenvalue weighted by Crippen LogP contribution is 2.32. The van der Waals surface area contributed by atoms with Crippen LogP contribution >= 0.6 is 0 Å². The van der Waals surface area contributed by atoms with Crippen LogP contribution in [0.1, 0.15) is 52.4 Å². The molecule has 5 nitrogen and oxygen atoms in total. The second-order valence-electron chi connectivity index (χ2n) is 7.69. The maximum atomic E-state index is 12.5. The van der Waals surface area contributed by atoms with Crippen molar-refractivity contribution in [1.29, 1.82) is 0 Å². The van der Waals surface area contributed by atoms with Gasteiger partial charge in [-0.1, -0.05) is 31.4 Å². The van der Waals surface area contributed by atoms with E-state index >= 15 is 0 Å². The topological polar surface area (TPSA) is 61.8 Å². The van der Waals surface area contributed by atoms with Crippen LogP contribution in [-0.4, -0.2) is 41.9 Å². The van der Waals surface area contributed by atoms with Gasteiger partial charge in [-0.2, -0.15) is 0 Å². The van der Waals surface area contributed by atoms with Gasteiger partial charge in [0.15, 0.2) is 0 Å². The smallest absolute Gasteiger partial charge is 0.227 e. The van der Waals surface area contributed by atoms with Crippen molar-refractivity contribution in [2.24, 2.45) is 0 Å². The first-order valence-electron chi connectivity index (χ1n) is 9.47. The molecule has 5 heteroatoms. The van der Waals surface area contributed by atoms with Crippen molar-refractivity contribution in [1.82, 2.24) is 0 Å². The van der Waals surface area contributed by atoms with Gasteiger partial charge in [0.05, 0.1) is 35.6 Å². The molecule has 1 aromatic rings. The normalized spacial score (nSPS) is 26.3. The van der Waals surface area contributed by atoms with Crippen molar-refractivity contribution in [3.8, 4) is 0 Å². The number of aliphatic hydroxyl groups is 1. The van der Waals surface area contributed by atoms with E-state index in [1.54, 1.807) is 0 Å². The summed E-state index contributed by atoms with van der Waals surface area (Å²) in [6, 6.07) is 7.89. The Bertz CT molecular complexity index is 588. The first kappa shape index (κ1) is 18.2. The fourth-order valence-corrected chi connectivity index (χ4v) is 4.11. The van der Waals surface area contributed by atoms with Crippen molar-refractivity contribution in [2.45, 2.75) is 70.2 Å². The lowest BCUT2D eigenvalue weighted by molar-refractivity contribution is -0.122. The van der Waals surface area contributed by atoms with Crippen LogP contribution in [0.5, 0.6) is 0 Å². The molecule has 0 radical (unpaired) electrons. The fourth-order valence-electron chi connectivity index (χ4n) is 4.11. The molecule has 1 saturated heterocycles. The monoisotopic (exact) mass is 346 g/mol. The predicted molar refractivity (Wildman–Crippen MR) is 99.9 cm³/mol. The van der Waals surface area contributed by atoms with Gasteiger partial charge >= 0.3 is 0 Å². The molecule has 2 fully saturated rings. The van der Waals surface area contributed by atoms with Gasteiger partial charge in [-0.25, -0.2) is 0 Å². The highest BCUT2D eigenvalue weighted by atomic mass is 16.5. The zero-order valence-corrected chi connectivity index (χ0v) is 15.3. The lowest BCUT2D eigenvalue weighted by Gasteiger charge is -2.37. The van der Waals surface area contributed by atoms with E-state index in [2.05, 4.69) is 24.1 Å². The number of carbonyl (C=O) groups is 1. The summed E-state index contributed by atoms with van der Waals surface area (Å²) in [6.45, 7) is 5.76. The molecule has 1 aliphatic heterocycles. The molecule has 3 rings (SSSR count). The molecule has 138 valence electrons. The minimum Gasteiger partial charge on any atom is -0.389 e. The van der Waals surface area contributed by atoms with Gasteiger partial charge in [-0.05, 0) is 38.8 Å². The number of ether oxygens (including phenoxy) is 1. The number of nitrogens with one attached hydrogen (secondary N) is 1. The third-order valence-corrected chi connectivity index (χ3v) is 5.21. The standard InChI is InChI=1S/C20H30N2O3/c1-15-13-22(14-16(2)25-15)18-9-5-4-8-17(18)21-19(23)12-20(24)10-6-3-7-11-20/h4-5,8-9,15-16,24H,3,6-7,10-14H2,1-2H3,(H,21,23). The summed E-state index contributed by atoms with van der Waals surface area (Å²) in [5, 5.41) is 13.6. The molecule has 2 atom stereocenters. The van der Waals surface area contributed by atoms with Gasteiger partial charge in [0.2, 0.25) is 5.91 Å². The van der Waals surface area contributed by atoms with E-state index in [1.807, 2.05) is 24.3 Å². The van der Waals surface area contributed by atoms with Crippen LogP contribution < -0.4 is 10.2 Å². The van der Waals surface area contributed by atoms with Crippen molar-refractivity contribution < 1.29 is 14.6 Å². The summed E-state index contributed by atoms with van der Waals surface area (Å²) < 4.78 is 5.81. The third-order valence-electron chi connectivity index (χ3n) is 5.21. The van der Waals surface area contributed by atoms with Gasteiger partial charge < -0.3 is 20.1 Å². The zero-order chi connectivity index (χ0) is 17.9. The van der Waals surface area contributed by atoms with Crippen LogP contribution in [0.4, 0.5) is 11.4 Å². The van der Waals surface area contributed by atoms with E-state index in [0.29, 0.717) is 0 Å². The number of hydrogen-bond acceptors (Lipinski definition) is 4.